The maximum Gasteiger partial charge on any atom is 0.283 e. The van der Waals surface area contributed by atoms with Gasteiger partial charge in [-0.15, -0.1) is 0 Å². The molecule has 1 aromatic heterocycles. The second kappa shape index (κ2) is 6.52. The summed E-state index contributed by atoms with van der Waals surface area (Å²) in [5.41, 5.74) is 0.873. The number of rotatable bonds is 5. The van der Waals surface area contributed by atoms with Gasteiger partial charge < -0.3 is 10.2 Å². The van der Waals surface area contributed by atoms with E-state index in [1.165, 1.54) is 4.68 Å². The Morgan fingerprint density at radius 2 is 2.37 bits per heavy atom. The van der Waals surface area contributed by atoms with Crippen molar-refractivity contribution in [3.8, 4) is 0 Å². The summed E-state index contributed by atoms with van der Waals surface area (Å²) in [7, 11) is 0. The zero-order valence-electron chi connectivity index (χ0n) is 11.5. The van der Waals surface area contributed by atoms with Gasteiger partial charge in [0.25, 0.3) is 5.56 Å². The smallest absolute Gasteiger partial charge is 0.283 e. The van der Waals surface area contributed by atoms with Crippen LogP contribution < -0.4 is 15.8 Å². The summed E-state index contributed by atoms with van der Waals surface area (Å²) in [6.45, 7) is 7.64. The van der Waals surface area contributed by atoms with E-state index in [1.54, 1.807) is 0 Å². The third kappa shape index (κ3) is 3.00. The molecule has 1 N–H and O–H groups in total. The van der Waals surface area contributed by atoms with Crippen LogP contribution in [0.2, 0.25) is 0 Å². The Morgan fingerprint density at radius 3 is 2.95 bits per heavy atom. The molecule has 5 nitrogen and oxygen atoms in total. The van der Waals surface area contributed by atoms with Gasteiger partial charge in [0.15, 0.2) is 0 Å². The summed E-state index contributed by atoms with van der Waals surface area (Å²) in [5, 5.41) is 7.62. The van der Waals surface area contributed by atoms with Crippen molar-refractivity contribution in [1.29, 1.82) is 0 Å². The summed E-state index contributed by atoms with van der Waals surface area (Å²) in [6.07, 6.45) is 3.98. The van der Waals surface area contributed by atoms with Gasteiger partial charge in [0.2, 0.25) is 0 Å². The van der Waals surface area contributed by atoms with E-state index in [9.17, 15) is 4.79 Å². The molecule has 0 aliphatic carbocycles. The summed E-state index contributed by atoms with van der Waals surface area (Å²) in [5.74, 6) is 0. The minimum atomic E-state index is -0.0490. The Hall–Kier alpha value is -0.880. The van der Waals surface area contributed by atoms with Crippen molar-refractivity contribution < 1.29 is 0 Å². The van der Waals surface area contributed by atoms with E-state index in [2.05, 4.69) is 38.2 Å². The number of aromatic nitrogens is 2. The van der Waals surface area contributed by atoms with Crippen LogP contribution in [-0.2, 0) is 6.54 Å². The van der Waals surface area contributed by atoms with Crippen LogP contribution in [-0.4, -0.2) is 35.5 Å². The summed E-state index contributed by atoms with van der Waals surface area (Å²) >= 11 is 3.45. The second-order valence-electron chi connectivity index (χ2n) is 4.80. The standard InChI is InChI=1S/C13H21BrN4O/c1-3-7-17(10-5-6-15-8-10)11-9-16-18(4-2)13(19)12(11)14/h9-10,15H,3-8H2,1-2H3. The van der Waals surface area contributed by atoms with E-state index >= 15 is 0 Å². The summed E-state index contributed by atoms with van der Waals surface area (Å²) < 4.78 is 2.11. The Morgan fingerprint density at radius 1 is 1.58 bits per heavy atom. The van der Waals surface area contributed by atoms with E-state index < -0.39 is 0 Å². The lowest BCUT2D eigenvalue weighted by atomic mass is 10.2. The number of nitrogens with zero attached hydrogens (tertiary/aromatic N) is 3. The number of anilines is 1. The van der Waals surface area contributed by atoms with Crippen LogP contribution in [0.5, 0.6) is 0 Å². The van der Waals surface area contributed by atoms with Crippen molar-refractivity contribution in [2.24, 2.45) is 0 Å². The van der Waals surface area contributed by atoms with Gasteiger partial charge in [-0.05, 0) is 42.2 Å². The number of hydrogen-bond donors (Lipinski definition) is 1. The van der Waals surface area contributed by atoms with E-state index in [0.29, 0.717) is 17.1 Å². The molecule has 1 fully saturated rings. The van der Waals surface area contributed by atoms with Gasteiger partial charge in [-0.25, -0.2) is 4.68 Å². The molecule has 1 aliphatic heterocycles. The van der Waals surface area contributed by atoms with Crippen LogP contribution in [0.1, 0.15) is 26.7 Å². The summed E-state index contributed by atoms with van der Waals surface area (Å²) in [4.78, 5) is 14.5. The molecule has 0 spiro atoms. The van der Waals surface area contributed by atoms with Crippen molar-refractivity contribution in [2.75, 3.05) is 24.5 Å². The minimum absolute atomic E-state index is 0.0490. The first-order chi connectivity index (χ1) is 9.19. The fourth-order valence-corrected chi connectivity index (χ4v) is 3.06. The molecule has 1 saturated heterocycles. The molecule has 0 bridgehead atoms. The van der Waals surface area contributed by atoms with Gasteiger partial charge >= 0.3 is 0 Å². The minimum Gasteiger partial charge on any atom is -0.365 e. The molecule has 2 heterocycles. The Bertz CT molecular complexity index is 482. The molecule has 19 heavy (non-hydrogen) atoms. The van der Waals surface area contributed by atoms with Crippen LogP contribution in [0, 0.1) is 0 Å². The topological polar surface area (TPSA) is 50.2 Å². The monoisotopic (exact) mass is 328 g/mol. The number of hydrogen-bond acceptors (Lipinski definition) is 4. The molecular formula is C13H21BrN4O. The molecule has 0 aromatic carbocycles. The van der Waals surface area contributed by atoms with Crippen molar-refractivity contribution in [3.63, 3.8) is 0 Å². The lowest BCUT2D eigenvalue weighted by Crippen LogP contribution is -2.39. The lowest BCUT2D eigenvalue weighted by molar-refractivity contribution is 0.591. The SMILES string of the molecule is CCCN(c1cnn(CC)c(=O)c1Br)C1CCNC1. The Kier molecular flexibility index (Phi) is 4.99. The maximum absolute atomic E-state index is 12.2. The molecule has 1 aromatic rings. The molecule has 0 saturated carbocycles. The van der Waals surface area contributed by atoms with Crippen LogP contribution in [0.3, 0.4) is 0 Å². The van der Waals surface area contributed by atoms with Gasteiger partial charge in [-0.1, -0.05) is 6.92 Å². The van der Waals surface area contributed by atoms with Crippen molar-refractivity contribution >= 4 is 21.6 Å². The molecule has 1 aliphatic rings. The largest absolute Gasteiger partial charge is 0.365 e. The van der Waals surface area contributed by atoms with Crippen LogP contribution in [0.4, 0.5) is 5.69 Å². The first-order valence-corrected chi connectivity index (χ1v) is 7.71. The summed E-state index contributed by atoms with van der Waals surface area (Å²) in [6, 6.07) is 0.454. The molecule has 0 amide bonds. The fourth-order valence-electron chi connectivity index (χ4n) is 2.53. The van der Waals surface area contributed by atoms with Gasteiger partial charge in [0, 0.05) is 25.7 Å². The van der Waals surface area contributed by atoms with E-state index in [0.717, 1.165) is 38.2 Å². The molecule has 1 unspecified atom stereocenters. The number of nitrogens with one attached hydrogen (secondary N) is 1. The lowest BCUT2D eigenvalue weighted by Gasteiger charge is -2.30. The third-order valence-electron chi connectivity index (χ3n) is 3.52. The molecule has 6 heteroatoms. The quantitative estimate of drug-likeness (QED) is 0.892. The average Bonchev–Trinajstić information content (AvgIpc) is 2.93. The van der Waals surface area contributed by atoms with E-state index in [4.69, 9.17) is 0 Å². The molecule has 2 rings (SSSR count). The van der Waals surface area contributed by atoms with Crippen molar-refractivity contribution in [1.82, 2.24) is 15.1 Å². The predicted octanol–water partition coefficient (Wildman–Crippen LogP) is 1.60. The first kappa shape index (κ1) is 14.5. The number of aryl methyl sites for hydroxylation is 1. The molecular weight excluding hydrogens is 308 g/mol. The van der Waals surface area contributed by atoms with Gasteiger partial charge in [-0.3, -0.25) is 4.79 Å². The Labute approximate surface area is 122 Å². The fraction of sp³-hybridized carbons (Fsp3) is 0.692. The highest BCUT2D eigenvalue weighted by Crippen LogP contribution is 2.25. The van der Waals surface area contributed by atoms with Crippen LogP contribution >= 0.6 is 15.9 Å². The zero-order chi connectivity index (χ0) is 13.8. The highest BCUT2D eigenvalue weighted by Gasteiger charge is 2.24. The first-order valence-electron chi connectivity index (χ1n) is 6.92. The van der Waals surface area contributed by atoms with Crippen molar-refractivity contribution in [2.45, 2.75) is 39.3 Å². The zero-order valence-corrected chi connectivity index (χ0v) is 13.1. The third-order valence-corrected chi connectivity index (χ3v) is 4.26. The van der Waals surface area contributed by atoms with Gasteiger partial charge in [0.1, 0.15) is 4.47 Å². The van der Waals surface area contributed by atoms with Crippen LogP contribution in [0.15, 0.2) is 15.5 Å². The highest BCUT2D eigenvalue weighted by atomic mass is 79.9. The average molecular weight is 329 g/mol. The second-order valence-corrected chi connectivity index (χ2v) is 5.60. The van der Waals surface area contributed by atoms with Gasteiger partial charge in [-0.2, -0.15) is 5.10 Å². The van der Waals surface area contributed by atoms with Crippen molar-refractivity contribution in [3.05, 3.63) is 21.0 Å². The van der Waals surface area contributed by atoms with Crippen LogP contribution in [0.25, 0.3) is 0 Å². The molecule has 106 valence electrons. The number of halogens is 1. The van der Waals surface area contributed by atoms with E-state index in [-0.39, 0.29) is 5.56 Å². The Balaban J connectivity index is 2.36. The predicted molar refractivity (Wildman–Crippen MR) is 80.8 cm³/mol. The molecule has 1 atom stereocenters. The highest BCUT2D eigenvalue weighted by molar-refractivity contribution is 9.10. The molecule has 0 radical (unpaired) electrons. The van der Waals surface area contributed by atoms with E-state index in [1.807, 2.05) is 13.1 Å². The normalized spacial score (nSPS) is 18.8. The maximum atomic E-state index is 12.2. The van der Waals surface area contributed by atoms with Gasteiger partial charge in [0.05, 0.1) is 11.9 Å².